The van der Waals surface area contributed by atoms with Gasteiger partial charge in [0.2, 0.25) is 5.91 Å². The van der Waals surface area contributed by atoms with E-state index >= 15 is 0 Å². The van der Waals surface area contributed by atoms with Crippen molar-refractivity contribution in [1.82, 2.24) is 9.88 Å². The number of hydrogen-bond donors (Lipinski definition) is 1. The maximum atomic E-state index is 11.2. The highest BCUT2D eigenvalue weighted by molar-refractivity contribution is 5.88. The van der Waals surface area contributed by atoms with Gasteiger partial charge in [0, 0.05) is 23.6 Å². The van der Waals surface area contributed by atoms with Crippen molar-refractivity contribution < 1.29 is 4.79 Å². The molecule has 0 aliphatic rings. The summed E-state index contributed by atoms with van der Waals surface area (Å²) in [5.74, 6) is -0.144. The summed E-state index contributed by atoms with van der Waals surface area (Å²) in [4.78, 5) is 11.2. The van der Waals surface area contributed by atoms with E-state index in [2.05, 4.69) is 35.5 Å². The van der Waals surface area contributed by atoms with Crippen molar-refractivity contribution in [2.45, 2.75) is 13.5 Å². The molecule has 88 valence electrons. The number of carbonyl (C=O) groups excluding carboxylic acids is 1. The summed E-state index contributed by atoms with van der Waals surface area (Å²) >= 11 is 0. The Kier molecular flexibility index (Phi) is 3.00. The number of amides is 1. The van der Waals surface area contributed by atoms with E-state index in [0.29, 0.717) is 6.54 Å². The maximum absolute atomic E-state index is 11.2. The van der Waals surface area contributed by atoms with Crippen LogP contribution in [0.3, 0.4) is 0 Å². The van der Waals surface area contributed by atoms with Crippen LogP contribution in [0.2, 0.25) is 0 Å². The first-order valence-electron chi connectivity index (χ1n) is 5.58. The highest BCUT2D eigenvalue weighted by Gasteiger charge is 2.10. The molecule has 17 heavy (non-hydrogen) atoms. The van der Waals surface area contributed by atoms with E-state index in [1.54, 1.807) is 0 Å². The Morgan fingerprint density at radius 1 is 1.47 bits per heavy atom. The van der Waals surface area contributed by atoms with Crippen molar-refractivity contribution in [3.8, 4) is 0 Å². The molecular weight excluding hydrogens is 212 g/mol. The van der Waals surface area contributed by atoms with Crippen LogP contribution in [0.1, 0.15) is 11.3 Å². The molecule has 0 aliphatic heterocycles. The fourth-order valence-corrected chi connectivity index (χ4v) is 2.13. The van der Waals surface area contributed by atoms with Crippen LogP contribution in [-0.4, -0.2) is 10.5 Å². The standard InChI is InChI=1S/C14H16N2O/c1-4-14(17)15-9-13-10(2)11-7-5-6-8-12(11)16(13)3/h4-8H,1,9H2,2-3H3,(H,15,17). The second kappa shape index (κ2) is 4.45. The Hall–Kier alpha value is -2.03. The van der Waals surface area contributed by atoms with E-state index in [1.165, 1.54) is 22.5 Å². The lowest BCUT2D eigenvalue weighted by molar-refractivity contribution is -0.116. The first kappa shape index (κ1) is 11.5. The van der Waals surface area contributed by atoms with Crippen LogP contribution in [0.5, 0.6) is 0 Å². The number of rotatable bonds is 3. The summed E-state index contributed by atoms with van der Waals surface area (Å²) in [6, 6.07) is 8.24. The molecule has 0 atom stereocenters. The van der Waals surface area contributed by atoms with Gasteiger partial charge in [-0.25, -0.2) is 0 Å². The lowest BCUT2D eigenvalue weighted by atomic mass is 10.1. The molecule has 2 rings (SSSR count). The van der Waals surface area contributed by atoms with Gasteiger partial charge < -0.3 is 9.88 Å². The summed E-state index contributed by atoms with van der Waals surface area (Å²) in [5, 5.41) is 4.05. The van der Waals surface area contributed by atoms with Gasteiger partial charge in [0.1, 0.15) is 0 Å². The van der Waals surface area contributed by atoms with Gasteiger partial charge in [-0.15, -0.1) is 0 Å². The molecular formula is C14H16N2O. The van der Waals surface area contributed by atoms with Gasteiger partial charge in [-0.05, 0) is 24.6 Å². The average Bonchev–Trinajstić information content (AvgIpc) is 2.60. The van der Waals surface area contributed by atoms with E-state index in [-0.39, 0.29) is 5.91 Å². The van der Waals surface area contributed by atoms with Gasteiger partial charge in [-0.1, -0.05) is 24.8 Å². The molecule has 1 amide bonds. The number of para-hydroxylation sites is 1. The molecule has 2 aromatic rings. The van der Waals surface area contributed by atoms with Gasteiger partial charge >= 0.3 is 0 Å². The first-order valence-corrected chi connectivity index (χ1v) is 5.58. The number of nitrogens with zero attached hydrogens (tertiary/aromatic N) is 1. The van der Waals surface area contributed by atoms with Gasteiger partial charge in [0.05, 0.1) is 6.54 Å². The van der Waals surface area contributed by atoms with E-state index in [9.17, 15) is 4.79 Å². The van der Waals surface area contributed by atoms with Crippen LogP contribution in [0.25, 0.3) is 10.9 Å². The summed E-state index contributed by atoms with van der Waals surface area (Å²) in [7, 11) is 2.02. The topological polar surface area (TPSA) is 34.0 Å². The number of aromatic nitrogens is 1. The van der Waals surface area contributed by atoms with Crippen LogP contribution in [0.15, 0.2) is 36.9 Å². The molecule has 0 saturated heterocycles. The van der Waals surface area contributed by atoms with Gasteiger partial charge in [0.25, 0.3) is 0 Å². The highest BCUT2D eigenvalue weighted by Crippen LogP contribution is 2.24. The number of benzene rings is 1. The van der Waals surface area contributed by atoms with E-state index in [0.717, 1.165) is 5.69 Å². The largest absolute Gasteiger partial charge is 0.347 e. The van der Waals surface area contributed by atoms with Crippen LogP contribution >= 0.6 is 0 Å². The van der Waals surface area contributed by atoms with Crippen LogP contribution in [0, 0.1) is 6.92 Å². The Morgan fingerprint density at radius 2 is 2.18 bits per heavy atom. The van der Waals surface area contributed by atoms with Crippen LogP contribution in [-0.2, 0) is 18.4 Å². The highest BCUT2D eigenvalue weighted by atomic mass is 16.1. The van der Waals surface area contributed by atoms with Crippen molar-refractivity contribution in [3.63, 3.8) is 0 Å². The summed E-state index contributed by atoms with van der Waals surface area (Å²) in [5.41, 5.74) is 3.53. The Balaban J connectivity index is 2.40. The summed E-state index contributed by atoms with van der Waals surface area (Å²) < 4.78 is 2.12. The van der Waals surface area contributed by atoms with Crippen molar-refractivity contribution in [2.24, 2.45) is 7.05 Å². The van der Waals surface area contributed by atoms with Crippen LogP contribution < -0.4 is 5.32 Å². The SMILES string of the molecule is C=CC(=O)NCc1c(C)c2ccccc2n1C. The normalized spacial score (nSPS) is 10.5. The van der Waals surface area contributed by atoms with Gasteiger partial charge in [-0.3, -0.25) is 4.79 Å². The smallest absolute Gasteiger partial charge is 0.243 e. The van der Waals surface area contributed by atoms with Gasteiger partial charge in [-0.2, -0.15) is 0 Å². The minimum Gasteiger partial charge on any atom is -0.347 e. The van der Waals surface area contributed by atoms with E-state index in [1.807, 2.05) is 19.2 Å². The molecule has 0 spiro atoms. The third kappa shape index (κ3) is 1.96. The lowest BCUT2D eigenvalue weighted by Gasteiger charge is -2.06. The molecule has 0 fully saturated rings. The summed E-state index contributed by atoms with van der Waals surface area (Å²) in [6.45, 7) is 6.05. The summed E-state index contributed by atoms with van der Waals surface area (Å²) in [6.07, 6.45) is 1.29. The average molecular weight is 228 g/mol. The minimum atomic E-state index is -0.144. The fourth-order valence-electron chi connectivity index (χ4n) is 2.13. The molecule has 0 bridgehead atoms. The molecule has 0 radical (unpaired) electrons. The molecule has 1 aromatic heterocycles. The fraction of sp³-hybridized carbons (Fsp3) is 0.214. The predicted octanol–water partition coefficient (Wildman–Crippen LogP) is 2.29. The van der Waals surface area contributed by atoms with Crippen molar-refractivity contribution >= 4 is 16.8 Å². The number of hydrogen-bond acceptors (Lipinski definition) is 1. The predicted molar refractivity (Wildman–Crippen MR) is 69.7 cm³/mol. The minimum absolute atomic E-state index is 0.144. The third-order valence-corrected chi connectivity index (χ3v) is 3.12. The van der Waals surface area contributed by atoms with E-state index in [4.69, 9.17) is 0 Å². The van der Waals surface area contributed by atoms with Gasteiger partial charge in [0.15, 0.2) is 0 Å². The number of carbonyl (C=O) groups is 1. The molecule has 1 N–H and O–H groups in total. The zero-order valence-corrected chi connectivity index (χ0v) is 10.2. The number of nitrogens with one attached hydrogen (secondary N) is 1. The van der Waals surface area contributed by atoms with Crippen LogP contribution in [0.4, 0.5) is 0 Å². The molecule has 0 saturated carbocycles. The van der Waals surface area contributed by atoms with Crippen molar-refractivity contribution in [1.29, 1.82) is 0 Å². The molecule has 0 unspecified atom stereocenters. The molecule has 1 aromatic carbocycles. The van der Waals surface area contributed by atoms with Crippen molar-refractivity contribution in [2.75, 3.05) is 0 Å². The second-order valence-electron chi connectivity index (χ2n) is 4.07. The zero-order valence-electron chi connectivity index (χ0n) is 10.2. The lowest BCUT2D eigenvalue weighted by Crippen LogP contribution is -2.21. The first-order chi connectivity index (χ1) is 8.15. The maximum Gasteiger partial charge on any atom is 0.243 e. The number of fused-ring (bicyclic) bond motifs is 1. The number of aryl methyl sites for hydroxylation is 2. The molecule has 3 heteroatoms. The molecule has 0 aliphatic carbocycles. The Labute approximate surface area is 101 Å². The van der Waals surface area contributed by atoms with E-state index < -0.39 is 0 Å². The Morgan fingerprint density at radius 3 is 2.82 bits per heavy atom. The van der Waals surface area contributed by atoms with Crippen molar-refractivity contribution in [3.05, 3.63) is 48.2 Å². The third-order valence-electron chi connectivity index (χ3n) is 3.12. The second-order valence-corrected chi connectivity index (χ2v) is 4.07. The molecule has 1 heterocycles. The zero-order chi connectivity index (χ0) is 12.4. The molecule has 3 nitrogen and oxygen atoms in total. The monoisotopic (exact) mass is 228 g/mol. The Bertz CT molecular complexity index is 542. The quantitative estimate of drug-likeness (QED) is 0.803.